The van der Waals surface area contributed by atoms with Gasteiger partial charge in [0.25, 0.3) is 0 Å². The Balaban J connectivity index is 4.45. The highest BCUT2D eigenvalue weighted by Crippen LogP contribution is 2.45. The smallest absolute Gasteiger partial charge is 0.370 e. The third kappa shape index (κ3) is 8.14. The van der Waals surface area contributed by atoms with E-state index in [1.54, 1.807) is 0 Å². The first-order valence-corrected chi connectivity index (χ1v) is 8.33. The van der Waals surface area contributed by atoms with Crippen molar-refractivity contribution in [3.63, 3.8) is 0 Å². The quantitative estimate of drug-likeness (QED) is 0.376. The van der Waals surface area contributed by atoms with Crippen LogP contribution in [-0.2, 0) is 22.9 Å². The van der Waals surface area contributed by atoms with Crippen LogP contribution in [0.25, 0.3) is 0 Å². The fourth-order valence-corrected chi connectivity index (χ4v) is 2.16. The first kappa shape index (κ1) is 19.2. The SMILES string of the molecule is CC(C)(OCCOP(=O)(O)O)C(C)(C)OP(=O)(O)O. The summed E-state index contributed by atoms with van der Waals surface area (Å²) >= 11 is 0. The number of phosphoric ester groups is 2. The Bertz CT molecular complexity index is 380. The van der Waals surface area contributed by atoms with Crippen molar-refractivity contribution in [1.82, 2.24) is 0 Å². The Kier molecular flexibility index (Phi) is 6.36. The summed E-state index contributed by atoms with van der Waals surface area (Å²) in [5.41, 5.74) is -2.44. The van der Waals surface area contributed by atoms with Crippen LogP contribution in [0.3, 0.4) is 0 Å². The van der Waals surface area contributed by atoms with Crippen molar-refractivity contribution in [1.29, 1.82) is 0 Å². The standard InChI is InChI=1S/C8H20O9P2/c1-7(2,8(3,4)17-19(12,13)14)15-5-6-16-18(9,10)11/h5-6H2,1-4H3,(H2,9,10,11)(H2,12,13,14). The Morgan fingerprint density at radius 1 is 0.842 bits per heavy atom. The summed E-state index contributed by atoms with van der Waals surface area (Å²) in [5.74, 6) is 0. The zero-order chi connectivity index (χ0) is 15.5. The second-order valence-corrected chi connectivity index (χ2v) is 7.18. The summed E-state index contributed by atoms with van der Waals surface area (Å²) in [7, 11) is -9.24. The van der Waals surface area contributed by atoms with Crippen LogP contribution in [0, 0.1) is 0 Å². The number of ether oxygens (including phenoxy) is 1. The highest BCUT2D eigenvalue weighted by molar-refractivity contribution is 7.46. The molecule has 0 aromatic carbocycles. The molecule has 0 aliphatic carbocycles. The molecule has 0 aliphatic rings. The molecule has 0 atom stereocenters. The lowest BCUT2D eigenvalue weighted by Gasteiger charge is -2.40. The summed E-state index contributed by atoms with van der Waals surface area (Å²) in [6.07, 6.45) is 0. The van der Waals surface area contributed by atoms with Crippen LogP contribution in [0.1, 0.15) is 27.7 Å². The molecular formula is C8H20O9P2. The molecule has 0 spiro atoms. The zero-order valence-electron chi connectivity index (χ0n) is 11.1. The van der Waals surface area contributed by atoms with Crippen molar-refractivity contribution in [2.75, 3.05) is 13.2 Å². The minimum Gasteiger partial charge on any atom is -0.370 e. The van der Waals surface area contributed by atoms with Gasteiger partial charge in [0, 0.05) is 0 Å². The van der Waals surface area contributed by atoms with Gasteiger partial charge < -0.3 is 24.3 Å². The van der Waals surface area contributed by atoms with Crippen LogP contribution in [0.5, 0.6) is 0 Å². The molecule has 0 heterocycles. The summed E-state index contributed by atoms with van der Waals surface area (Å²) in [6, 6.07) is 0. The van der Waals surface area contributed by atoms with E-state index in [1.165, 1.54) is 27.7 Å². The monoisotopic (exact) mass is 322 g/mol. The molecule has 0 saturated carbocycles. The molecule has 0 aromatic rings. The van der Waals surface area contributed by atoms with E-state index in [0.29, 0.717) is 0 Å². The molecule has 0 bridgehead atoms. The molecule has 9 nitrogen and oxygen atoms in total. The van der Waals surface area contributed by atoms with Gasteiger partial charge in [0.2, 0.25) is 0 Å². The van der Waals surface area contributed by atoms with Crippen LogP contribution in [0.2, 0.25) is 0 Å². The second kappa shape index (κ2) is 6.30. The Labute approximate surface area is 111 Å². The molecule has 0 aromatic heterocycles. The van der Waals surface area contributed by atoms with Crippen molar-refractivity contribution < 1.29 is 42.5 Å². The van der Waals surface area contributed by atoms with E-state index in [-0.39, 0.29) is 13.2 Å². The van der Waals surface area contributed by atoms with E-state index in [4.69, 9.17) is 24.3 Å². The van der Waals surface area contributed by atoms with Crippen molar-refractivity contribution in [3.8, 4) is 0 Å². The summed E-state index contributed by atoms with van der Waals surface area (Å²) in [5, 5.41) is 0. The second-order valence-electron chi connectivity index (χ2n) is 4.77. The normalized spacial score (nSPS) is 14.7. The predicted molar refractivity (Wildman–Crippen MR) is 65.2 cm³/mol. The fraction of sp³-hybridized carbons (Fsp3) is 1.00. The summed E-state index contributed by atoms with van der Waals surface area (Å²) in [4.78, 5) is 34.5. The molecule has 116 valence electrons. The van der Waals surface area contributed by atoms with Gasteiger partial charge in [-0.15, -0.1) is 0 Å². The largest absolute Gasteiger partial charge is 0.470 e. The number of hydrogen-bond donors (Lipinski definition) is 4. The number of phosphoric acid groups is 2. The van der Waals surface area contributed by atoms with Gasteiger partial charge in [-0.3, -0.25) is 9.05 Å². The van der Waals surface area contributed by atoms with Crippen LogP contribution in [0.4, 0.5) is 0 Å². The van der Waals surface area contributed by atoms with Gasteiger partial charge in [0.05, 0.1) is 18.8 Å². The van der Waals surface area contributed by atoms with Gasteiger partial charge in [0.15, 0.2) is 0 Å². The van der Waals surface area contributed by atoms with E-state index in [2.05, 4.69) is 9.05 Å². The molecular weight excluding hydrogens is 302 g/mol. The molecule has 0 unspecified atom stereocenters. The summed E-state index contributed by atoms with van der Waals surface area (Å²) in [6.45, 7) is 5.37. The first-order valence-electron chi connectivity index (χ1n) is 5.27. The maximum atomic E-state index is 10.8. The minimum absolute atomic E-state index is 0.175. The highest BCUT2D eigenvalue weighted by atomic mass is 31.2. The van der Waals surface area contributed by atoms with Gasteiger partial charge in [-0.2, -0.15) is 0 Å². The van der Waals surface area contributed by atoms with Gasteiger partial charge in [0.1, 0.15) is 5.60 Å². The third-order valence-corrected chi connectivity index (χ3v) is 3.82. The van der Waals surface area contributed by atoms with E-state index in [0.717, 1.165) is 0 Å². The van der Waals surface area contributed by atoms with Gasteiger partial charge in [-0.1, -0.05) is 0 Å². The third-order valence-electron chi connectivity index (χ3n) is 2.60. The Hall–Kier alpha value is 0.180. The highest BCUT2D eigenvalue weighted by Gasteiger charge is 2.43. The Morgan fingerprint density at radius 2 is 1.32 bits per heavy atom. The average Bonchev–Trinajstić information content (AvgIpc) is 2.06. The lowest BCUT2D eigenvalue weighted by atomic mass is 9.89. The van der Waals surface area contributed by atoms with E-state index < -0.39 is 26.8 Å². The van der Waals surface area contributed by atoms with E-state index in [9.17, 15) is 9.13 Å². The van der Waals surface area contributed by atoms with Crippen LogP contribution >= 0.6 is 15.6 Å². The number of hydrogen-bond acceptors (Lipinski definition) is 5. The van der Waals surface area contributed by atoms with Crippen molar-refractivity contribution in [2.24, 2.45) is 0 Å². The maximum absolute atomic E-state index is 10.8. The van der Waals surface area contributed by atoms with Crippen molar-refractivity contribution in [3.05, 3.63) is 0 Å². The van der Waals surface area contributed by atoms with Gasteiger partial charge >= 0.3 is 15.6 Å². The van der Waals surface area contributed by atoms with Crippen LogP contribution < -0.4 is 0 Å². The predicted octanol–water partition coefficient (Wildman–Crippen LogP) is 0.779. The van der Waals surface area contributed by atoms with Crippen LogP contribution in [-0.4, -0.2) is 44.0 Å². The lowest BCUT2D eigenvalue weighted by molar-refractivity contribution is -0.145. The van der Waals surface area contributed by atoms with Gasteiger partial charge in [-0.05, 0) is 27.7 Å². The van der Waals surface area contributed by atoms with E-state index in [1.807, 2.05) is 0 Å². The molecule has 0 saturated heterocycles. The number of rotatable bonds is 8. The molecule has 0 aliphatic heterocycles. The lowest BCUT2D eigenvalue weighted by Crippen LogP contribution is -2.49. The molecule has 4 N–H and O–H groups in total. The van der Waals surface area contributed by atoms with E-state index >= 15 is 0 Å². The first-order chi connectivity index (χ1) is 8.16. The minimum atomic E-state index is -4.69. The Morgan fingerprint density at radius 3 is 1.68 bits per heavy atom. The maximum Gasteiger partial charge on any atom is 0.470 e. The van der Waals surface area contributed by atoms with Crippen molar-refractivity contribution >= 4 is 15.6 Å². The average molecular weight is 322 g/mol. The fourth-order valence-electron chi connectivity index (χ4n) is 1.03. The van der Waals surface area contributed by atoms with Gasteiger partial charge in [-0.25, -0.2) is 9.13 Å². The van der Waals surface area contributed by atoms with Crippen molar-refractivity contribution in [2.45, 2.75) is 38.9 Å². The zero-order valence-corrected chi connectivity index (χ0v) is 12.9. The molecule has 0 amide bonds. The molecule has 0 radical (unpaired) electrons. The molecule has 0 fully saturated rings. The molecule has 11 heteroatoms. The van der Waals surface area contributed by atoms with Crippen LogP contribution in [0.15, 0.2) is 0 Å². The molecule has 19 heavy (non-hydrogen) atoms. The topological polar surface area (TPSA) is 143 Å². The summed E-state index contributed by atoms with van der Waals surface area (Å²) < 4.78 is 35.4. The molecule has 0 rings (SSSR count).